The zero-order valence-electron chi connectivity index (χ0n) is 10.8. The minimum Gasteiger partial charge on any atom is -0.481 e. The van der Waals surface area contributed by atoms with E-state index in [2.05, 4.69) is 37.2 Å². The summed E-state index contributed by atoms with van der Waals surface area (Å²) >= 11 is 6.84. The Balaban J connectivity index is 1.95. The van der Waals surface area contributed by atoms with Crippen molar-refractivity contribution in [3.8, 4) is 0 Å². The molecule has 1 aromatic carbocycles. The molecule has 0 aromatic heterocycles. The summed E-state index contributed by atoms with van der Waals surface area (Å²) < 4.78 is 1.61. The van der Waals surface area contributed by atoms with E-state index in [9.17, 15) is 9.59 Å². The lowest BCUT2D eigenvalue weighted by molar-refractivity contribution is -0.139. The SMILES string of the molecule is Cc1cc(Br)c(NC(=O)N2CC(CC(=O)O)C2)c(Br)c1. The molecule has 2 N–H and O–H groups in total. The molecule has 1 aliphatic heterocycles. The van der Waals surface area contributed by atoms with Gasteiger partial charge in [0.25, 0.3) is 0 Å². The molecule has 1 fully saturated rings. The number of aliphatic carboxylic acids is 1. The highest BCUT2D eigenvalue weighted by atomic mass is 79.9. The van der Waals surface area contributed by atoms with Crippen LogP contribution in [0.4, 0.5) is 10.5 Å². The Hall–Kier alpha value is -1.08. The van der Waals surface area contributed by atoms with Crippen molar-refractivity contribution in [1.29, 1.82) is 0 Å². The van der Waals surface area contributed by atoms with Crippen LogP contribution < -0.4 is 5.32 Å². The molecule has 0 saturated carbocycles. The van der Waals surface area contributed by atoms with E-state index in [-0.39, 0.29) is 18.4 Å². The van der Waals surface area contributed by atoms with Crippen molar-refractivity contribution in [2.75, 3.05) is 18.4 Å². The quantitative estimate of drug-likeness (QED) is 0.808. The Bertz CT molecular complexity index is 534. The molecule has 0 radical (unpaired) electrons. The van der Waals surface area contributed by atoms with Crippen LogP contribution in [0.2, 0.25) is 0 Å². The molecule has 108 valence electrons. The lowest BCUT2D eigenvalue weighted by Gasteiger charge is -2.38. The Morgan fingerprint density at radius 2 is 1.90 bits per heavy atom. The van der Waals surface area contributed by atoms with Crippen LogP contribution in [-0.2, 0) is 4.79 Å². The number of anilines is 1. The van der Waals surface area contributed by atoms with Crippen molar-refractivity contribution >= 4 is 49.5 Å². The second kappa shape index (κ2) is 6.13. The van der Waals surface area contributed by atoms with Gasteiger partial charge in [-0.15, -0.1) is 0 Å². The molecule has 2 rings (SSSR count). The van der Waals surface area contributed by atoms with Gasteiger partial charge in [0.05, 0.1) is 12.1 Å². The van der Waals surface area contributed by atoms with Crippen LogP contribution >= 0.6 is 31.9 Å². The molecular weight excluding hydrogens is 392 g/mol. The topological polar surface area (TPSA) is 69.6 Å². The largest absolute Gasteiger partial charge is 0.481 e. The van der Waals surface area contributed by atoms with Gasteiger partial charge in [-0.05, 0) is 56.5 Å². The fourth-order valence-electron chi connectivity index (χ4n) is 2.12. The summed E-state index contributed by atoms with van der Waals surface area (Å²) in [5, 5.41) is 11.5. The van der Waals surface area contributed by atoms with E-state index in [4.69, 9.17) is 5.11 Å². The van der Waals surface area contributed by atoms with E-state index in [0.717, 1.165) is 14.5 Å². The number of aryl methyl sites for hydroxylation is 1. The second-order valence-corrected chi connectivity index (χ2v) is 6.61. The molecule has 1 saturated heterocycles. The number of hydrogen-bond acceptors (Lipinski definition) is 2. The number of carboxylic acids is 1. The monoisotopic (exact) mass is 404 g/mol. The number of benzene rings is 1. The Morgan fingerprint density at radius 3 is 2.40 bits per heavy atom. The molecule has 0 atom stereocenters. The average molecular weight is 406 g/mol. The third kappa shape index (κ3) is 3.52. The summed E-state index contributed by atoms with van der Waals surface area (Å²) in [7, 11) is 0. The summed E-state index contributed by atoms with van der Waals surface area (Å²) in [5.41, 5.74) is 1.76. The fraction of sp³-hybridized carbons (Fsp3) is 0.385. The van der Waals surface area contributed by atoms with E-state index in [1.165, 1.54) is 0 Å². The number of urea groups is 1. The summed E-state index contributed by atoms with van der Waals surface area (Å²) in [6.45, 7) is 2.94. The van der Waals surface area contributed by atoms with Crippen LogP contribution in [0.15, 0.2) is 21.1 Å². The molecule has 1 heterocycles. The number of nitrogens with one attached hydrogen (secondary N) is 1. The third-order valence-electron chi connectivity index (χ3n) is 3.13. The van der Waals surface area contributed by atoms with Crippen LogP contribution in [0.1, 0.15) is 12.0 Å². The van der Waals surface area contributed by atoms with Crippen LogP contribution in [0.25, 0.3) is 0 Å². The highest BCUT2D eigenvalue weighted by Crippen LogP contribution is 2.33. The van der Waals surface area contributed by atoms with Gasteiger partial charge >= 0.3 is 12.0 Å². The maximum absolute atomic E-state index is 12.0. The molecule has 1 aromatic rings. The summed E-state index contributed by atoms with van der Waals surface area (Å²) in [4.78, 5) is 24.2. The predicted molar refractivity (Wildman–Crippen MR) is 82.9 cm³/mol. The number of amides is 2. The van der Waals surface area contributed by atoms with E-state index in [1.54, 1.807) is 4.90 Å². The van der Waals surface area contributed by atoms with Gasteiger partial charge in [-0.1, -0.05) is 0 Å². The number of nitrogens with zero attached hydrogens (tertiary/aromatic N) is 1. The minimum absolute atomic E-state index is 0.0585. The van der Waals surface area contributed by atoms with Crippen molar-refractivity contribution in [3.05, 3.63) is 26.6 Å². The van der Waals surface area contributed by atoms with E-state index < -0.39 is 5.97 Å². The van der Waals surface area contributed by atoms with Gasteiger partial charge in [0.1, 0.15) is 0 Å². The molecule has 0 bridgehead atoms. The van der Waals surface area contributed by atoms with Gasteiger partial charge in [0, 0.05) is 28.0 Å². The second-order valence-electron chi connectivity index (χ2n) is 4.90. The summed E-state index contributed by atoms with van der Waals surface area (Å²) in [6.07, 6.45) is 0.113. The Morgan fingerprint density at radius 1 is 1.35 bits per heavy atom. The van der Waals surface area contributed by atoms with Crippen molar-refractivity contribution in [2.24, 2.45) is 5.92 Å². The van der Waals surface area contributed by atoms with Gasteiger partial charge in [-0.3, -0.25) is 4.79 Å². The smallest absolute Gasteiger partial charge is 0.321 e. The molecule has 7 heteroatoms. The molecule has 1 aliphatic rings. The Labute approximate surface area is 133 Å². The Kier molecular flexibility index (Phi) is 4.70. The van der Waals surface area contributed by atoms with Crippen molar-refractivity contribution in [3.63, 3.8) is 0 Å². The first-order valence-electron chi connectivity index (χ1n) is 6.10. The van der Waals surface area contributed by atoms with Crippen LogP contribution in [-0.4, -0.2) is 35.1 Å². The van der Waals surface area contributed by atoms with Crippen molar-refractivity contribution < 1.29 is 14.7 Å². The normalized spacial score (nSPS) is 14.8. The van der Waals surface area contributed by atoms with E-state index >= 15 is 0 Å². The van der Waals surface area contributed by atoms with Crippen LogP contribution in [0.3, 0.4) is 0 Å². The maximum Gasteiger partial charge on any atom is 0.321 e. The standard InChI is InChI=1S/C13H14Br2N2O3/c1-7-2-9(14)12(10(15)3-7)16-13(20)17-5-8(6-17)4-11(18)19/h2-3,8H,4-6H2,1H3,(H,16,20)(H,18,19). The number of halogens is 2. The van der Waals surface area contributed by atoms with Gasteiger partial charge in [0.2, 0.25) is 0 Å². The zero-order valence-corrected chi connectivity index (χ0v) is 14.0. The third-order valence-corrected chi connectivity index (χ3v) is 4.38. The maximum atomic E-state index is 12.0. The lowest BCUT2D eigenvalue weighted by atomic mass is 9.97. The number of hydrogen-bond donors (Lipinski definition) is 2. The first-order valence-corrected chi connectivity index (χ1v) is 7.68. The number of carboxylic acid groups (broad SMARTS) is 1. The molecule has 20 heavy (non-hydrogen) atoms. The minimum atomic E-state index is -0.820. The highest BCUT2D eigenvalue weighted by Gasteiger charge is 2.32. The van der Waals surface area contributed by atoms with E-state index in [1.807, 2.05) is 19.1 Å². The highest BCUT2D eigenvalue weighted by molar-refractivity contribution is 9.11. The molecule has 0 spiro atoms. The molecular formula is C13H14Br2N2O3. The van der Waals surface area contributed by atoms with Gasteiger partial charge in [0.15, 0.2) is 0 Å². The number of carbonyl (C=O) groups excluding carboxylic acids is 1. The van der Waals surface area contributed by atoms with Gasteiger partial charge < -0.3 is 15.3 Å². The van der Waals surface area contributed by atoms with Crippen LogP contribution in [0, 0.1) is 12.8 Å². The zero-order chi connectivity index (χ0) is 14.9. The van der Waals surface area contributed by atoms with Crippen molar-refractivity contribution in [1.82, 2.24) is 4.90 Å². The van der Waals surface area contributed by atoms with Crippen LogP contribution in [0.5, 0.6) is 0 Å². The average Bonchev–Trinajstić information content (AvgIpc) is 2.27. The number of rotatable bonds is 3. The van der Waals surface area contributed by atoms with E-state index in [0.29, 0.717) is 18.8 Å². The van der Waals surface area contributed by atoms with Crippen molar-refractivity contribution in [2.45, 2.75) is 13.3 Å². The fourth-order valence-corrected chi connectivity index (χ4v) is 3.73. The predicted octanol–water partition coefficient (Wildman–Crippen LogP) is 3.46. The summed E-state index contributed by atoms with van der Waals surface area (Å²) in [6, 6.07) is 3.63. The first-order chi connectivity index (χ1) is 9.36. The van der Waals surface area contributed by atoms with Gasteiger partial charge in [-0.2, -0.15) is 0 Å². The number of likely N-dealkylation sites (tertiary alicyclic amines) is 1. The molecule has 5 nitrogen and oxygen atoms in total. The van der Waals surface area contributed by atoms with Gasteiger partial charge in [-0.25, -0.2) is 4.79 Å². The number of carbonyl (C=O) groups is 2. The first kappa shape index (κ1) is 15.3. The lowest BCUT2D eigenvalue weighted by Crippen LogP contribution is -2.52. The summed E-state index contributed by atoms with van der Waals surface area (Å²) in [5.74, 6) is -0.762. The molecule has 0 unspecified atom stereocenters. The molecule has 2 amide bonds. The molecule has 0 aliphatic carbocycles.